The Kier molecular flexibility index (Phi) is 2.78. The molecule has 1 aromatic carbocycles. The maximum Gasteiger partial charge on any atom is 0.251 e. The third kappa shape index (κ3) is 1.98. The third-order valence-electron chi connectivity index (χ3n) is 3.86. The van der Waals surface area contributed by atoms with Crippen molar-refractivity contribution in [1.82, 2.24) is 15.3 Å². The highest BCUT2D eigenvalue weighted by molar-refractivity contribution is 5.97. The molecule has 4 heteroatoms. The number of hydrogen-bond donors (Lipinski definition) is 2. The van der Waals surface area contributed by atoms with Gasteiger partial charge in [-0.1, -0.05) is 13.3 Å². The van der Waals surface area contributed by atoms with Crippen molar-refractivity contribution >= 4 is 16.9 Å². The van der Waals surface area contributed by atoms with Gasteiger partial charge in [0.2, 0.25) is 0 Å². The number of fused-ring (bicyclic) bond motifs is 1. The van der Waals surface area contributed by atoms with Crippen molar-refractivity contribution in [2.24, 2.45) is 5.92 Å². The predicted molar refractivity (Wildman–Crippen MR) is 70.4 cm³/mol. The largest absolute Gasteiger partial charge is 0.349 e. The highest BCUT2D eigenvalue weighted by Gasteiger charge is 2.25. The zero-order valence-electron chi connectivity index (χ0n) is 10.4. The number of rotatable bonds is 2. The molecule has 0 radical (unpaired) electrons. The summed E-state index contributed by atoms with van der Waals surface area (Å²) < 4.78 is 0. The van der Waals surface area contributed by atoms with Crippen molar-refractivity contribution in [1.29, 1.82) is 0 Å². The molecule has 1 aliphatic rings. The predicted octanol–water partition coefficient (Wildman–Crippen LogP) is 2.48. The summed E-state index contributed by atoms with van der Waals surface area (Å²) in [5.74, 6) is 0.607. The van der Waals surface area contributed by atoms with Crippen molar-refractivity contribution in [3.05, 3.63) is 30.1 Å². The van der Waals surface area contributed by atoms with Gasteiger partial charge in [-0.05, 0) is 37.0 Å². The minimum absolute atomic E-state index is 0.0188. The molecule has 3 rings (SSSR count). The molecular weight excluding hydrogens is 226 g/mol. The summed E-state index contributed by atoms with van der Waals surface area (Å²) in [6.45, 7) is 2.20. The van der Waals surface area contributed by atoms with Crippen LogP contribution >= 0.6 is 0 Å². The molecule has 1 aliphatic carbocycles. The Morgan fingerprint density at radius 3 is 3.11 bits per heavy atom. The molecule has 18 heavy (non-hydrogen) atoms. The van der Waals surface area contributed by atoms with Crippen molar-refractivity contribution in [2.75, 3.05) is 0 Å². The van der Waals surface area contributed by atoms with E-state index in [4.69, 9.17) is 0 Å². The second kappa shape index (κ2) is 4.44. The standard InChI is InChI=1S/C14H17N3O/c1-9-3-2-4-11(9)17-14(18)10-5-6-12-13(7-10)16-8-15-12/h5-9,11H,2-4H2,1H3,(H,15,16)(H,17,18). The van der Waals surface area contributed by atoms with Gasteiger partial charge in [0, 0.05) is 11.6 Å². The van der Waals surface area contributed by atoms with E-state index in [2.05, 4.69) is 22.2 Å². The van der Waals surface area contributed by atoms with Crippen LogP contribution in [0.1, 0.15) is 36.5 Å². The van der Waals surface area contributed by atoms with E-state index >= 15 is 0 Å². The topological polar surface area (TPSA) is 57.8 Å². The fourth-order valence-electron chi connectivity index (χ4n) is 2.69. The van der Waals surface area contributed by atoms with Crippen molar-refractivity contribution < 1.29 is 4.79 Å². The first-order valence-electron chi connectivity index (χ1n) is 6.48. The number of amides is 1. The number of imidazole rings is 1. The second-order valence-corrected chi connectivity index (χ2v) is 5.12. The molecule has 2 unspecified atom stereocenters. The number of nitrogens with zero attached hydrogens (tertiary/aromatic N) is 1. The minimum Gasteiger partial charge on any atom is -0.349 e. The van der Waals surface area contributed by atoms with Crippen molar-refractivity contribution in [2.45, 2.75) is 32.2 Å². The lowest BCUT2D eigenvalue weighted by atomic mass is 10.1. The number of hydrogen-bond acceptors (Lipinski definition) is 2. The number of carbonyl (C=O) groups excluding carboxylic acids is 1. The lowest BCUT2D eigenvalue weighted by Gasteiger charge is -2.17. The van der Waals surface area contributed by atoms with Gasteiger partial charge in [-0.2, -0.15) is 0 Å². The van der Waals surface area contributed by atoms with Crippen LogP contribution in [0.4, 0.5) is 0 Å². The molecule has 0 spiro atoms. The van der Waals surface area contributed by atoms with E-state index in [1.54, 1.807) is 6.33 Å². The molecule has 2 aromatic rings. The molecule has 1 fully saturated rings. The fourth-order valence-corrected chi connectivity index (χ4v) is 2.69. The number of aromatic amines is 1. The summed E-state index contributed by atoms with van der Waals surface area (Å²) in [6.07, 6.45) is 5.17. The first-order valence-corrected chi connectivity index (χ1v) is 6.48. The van der Waals surface area contributed by atoms with Gasteiger partial charge < -0.3 is 10.3 Å². The highest BCUT2D eigenvalue weighted by Crippen LogP contribution is 2.25. The molecule has 94 valence electrons. The Morgan fingerprint density at radius 1 is 1.44 bits per heavy atom. The molecule has 4 nitrogen and oxygen atoms in total. The first kappa shape index (κ1) is 11.3. The smallest absolute Gasteiger partial charge is 0.251 e. The number of nitrogens with one attached hydrogen (secondary N) is 2. The molecule has 0 saturated heterocycles. The molecular formula is C14H17N3O. The lowest BCUT2D eigenvalue weighted by Crippen LogP contribution is -2.36. The van der Waals surface area contributed by atoms with Crippen LogP contribution in [0.25, 0.3) is 11.0 Å². The van der Waals surface area contributed by atoms with Crippen molar-refractivity contribution in [3.8, 4) is 0 Å². The van der Waals surface area contributed by atoms with E-state index in [0.717, 1.165) is 17.5 Å². The number of H-pyrrole nitrogens is 1. The van der Waals surface area contributed by atoms with Gasteiger partial charge in [-0.3, -0.25) is 4.79 Å². The summed E-state index contributed by atoms with van der Waals surface area (Å²) >= 11 is 0. The number of aromatic nitrogens is 2. The fraction of sp³-hybridized carbons (Fsp3) is 0.429. The zero-order chi connectivity index (χ0) is 12.5. The van der Waals surface area contributed by atoms with E-state index in [1.165, 1.54) is 12.8 Å². The Bertz CT molecular complexity index is 575. The maximum atomic E-state index is 12.2. The summed E-state index contributed by atoms with van der Waals surface area (Å²) in [5.41, 5.74) is 2.49. The Hall–Kier alpha value is -1.84. The summed E-state index contributed by atoms with van der Waals surface area (Å²) in [4.78, 5) is 19.3. The second-order valence-electron chi connectivity index (χ2n) is 5.12. The van der Waals surface area contributed by atoms with Gasteiger partial charge >= 0.3 is 0 Å². The van der Waals surface area contributed by atoms with Gasteiger partial charge in [0.25, 0.3) is 5.91 Å². The van der Waals surface area contributed by atoms with Gasteiger partial charge in [0.15, 0.2) is 0 Å². The van der Waals surface area contributed by atoms with E-state index in [9.17, 15) is 4.79 Å². The van der Waals surface area contributed by atoms with Crippen LogP contribution < -0.4 is 5.32 Å². The molecule has 1 saturated carbocycles. The minimum atomic E-state index is 0.0188. The Labute approximate surface area is 106 Å². The van der Waals surface area contributed by atoms with E-state index < -0.39 is 0 Å². The van der Waals surface area contributed by atoms with E-state index in [-0.39, 0.29) is 5.91 Å². The molecule has 1 heterocycles. The summed E-state index contributed by atoms with van der Waals surface area (Å²) in [6, 6.07) is 5.89. The summed E-state index contributed by atoms with van der Waals surface area (Å²) in [5, 5.41) is 3.13. The Morgan fingerprint density at radius 2 is 2.33 bits per heavy atom. The quantitative estimate of drug-likeness (QED) is 0.851. The van der Waals surface area contributed by atoms with Crippen molar-refractivity contribution in [3.63, 3.8) is 0 Å². The first-order chi connectivity index (χ1) is 8.74. The van der Waals surface area contributed by atoms with Crippen LogP contribution in [-0.4, -0.2) is 21.9 Å². The van der Waals surface area contributed by atoms with Gasteiger partial charge in [0.05, 0.1) is 17.4 Å². The Balaban J connectivity index is 1.78. The van der Waals surface area contributed by atoms with Gasteiger partial charge in [-0.25, -0.2) is 4.98 Å². The molecule has 0 bridgehead atoms. The molecule has 1 amide bonds. The highest BCUT2D eigenvalue weighted by atomic mass is 16.1. The maximum absolute atomic E-state index is 12.2. The molecule has 0 aliphatic heterocycles. The summed E-state index contributed by atoms with van der Waals surface area (Å²) in [7, 11) is 0. The zero-order valence-corrected chi connectivity index (χ0v) is 10.4. The number of carbonyl (C=O) groups is 1. The van der Waals surface area contributed by atoms with Crippen LogP contribution in [0.3, 0.4) is 0 Å². The van der Waals surface area contributed by atoms with Crippen LogP contribution in [0, 0.1) is 5.92 Å². The molecule has 1 aromatic heterocycles. The lowest BCUT2D eigenvalue weighted by molar-refractivity contribution is 0.0930. The van der Waals surface area contributed by atoms with E-state index in [1.807, 2.05) is 18.2 Å². The molecule has 2 atom stereocenters. The number of benzene rings is 1. The van der Waals surface area contributed by atoms with E-state index in [0.29, 0.717) is 17.5 Å². The third-order valence-corrected chi connectivity index (χ3v) is 3.86. The van der Waals surface area contributed by atoms with Gasteiger partial charge in [-0.15, -0.1) is 0 Å². The van der Waals surface area contributed by atoms with Crippen LogP contribution in [0.15, 0.2) is 24.5 Å². The molecule has 2 N–H and O–H groups in total. The SMILES string of the molecule is CC1CCCC1NC(=O)c1ccc2nc[nH]c2c1. The van der Waals surface area contributed by atoms with Gasteiger partial charge in [0.1, 0.15) is 0 Å². The monoisotopic (exact) mass is 243 g/mol. The van der Waals surface area contributed by atoms with Crippen LogP contribution in [-0.2, 0) is 0 Å². The van der Waals surface area contributed by atoms with Crippen LogP contribution in [0.5, 0.6) is 0 Å². The average Bonchev–Trinajstić information content (AvgIpc) is 2.98. The average molecular weight is 243 g/mol. The normalized spacial score (nSPS) is 23.4. The van der Waals surface area contributed by atoms with Crippen LogP contribution in [0.2, 0.25) is 0 Å².